The first-order valence-corrected chi connectivity index (χ1v) is 11.4. The summed E-state index contributed by atoms with van der Waals surface area (Å²) in [6.45, 7) is 11.2. The van der Waals surface area contributed by atoms with E-state index in [0.29, 0.717) is 10.6 Å². The minimum absolute atomic E-state index is 0.0663. The number of hydrogen-bond acceptors (Lipinski definition) is 5. The van der Waals surface area contributed by atoms with Crippen molar-refractivity contribution in [3.63, 3.8) is 0 Å². The summed E-state index contributed by atoms with van der Waals surface area (Å²) in [7, 11) is -2.21. The third kappa shape index (κ3) is 4.86. The first kappa shape index (κ1) is 23.5. The highest BCUT2D eigenvalue weighted by Gasteiger charge is 2.24. The van der Waals surface area contributed by atoms with E-state index in [2.05, 4.69) is 23.8 Å². The van der Waals surface area contributed by atoms with E-state index in [1.165, 1.54) is 59.1 Å². The molecule has 0 spiro atoms. The summed E-state index contributed by atoms with van der Waals surface area (Å²) in [5.74, 6) is -0.711. The third-order valence-electron chi connectivity index (χ3n) is 4.49. The van der Waals surface area contributed by atoms with Gasteiger partial charge in [0.05, 0.1) is 10.5 Å². The average molecular weight is 448 g/mol. The maximum absolute atomic E-state index is 12.8. The molecule has 0 unspecified atom stereocenters. The third-order valence-corrected chi connectivity index (χ3v) is 7.45. The van der Waals surface area contributed by atoms with Gasteiger partial charge in [-0.05, 0) is 43.7 Å². The second-order valence-corrected chi connectivity index (χ2v) is 9.61. The fourth-order valence-corrected chi connectivity index (χ4v) is 5.21. The molecular formula is C21H25N3O4S2. The van der Waals surface area contributed by atoms with Gasteiger partial charge < -0.3 is 10.6 Å². The molecule has 9 heteroatoms. The van der Waals surface area contributed by atoms with E-state index in [1.807, 2.05) is 13.8 Å². The van der Waals surface area contributed by atoms with Crippen molar-refractivity contribution in [2.45, 2.75) is 18.7 Å². The zero-order valence-electron chi connectivity index (χ0n) is 17.2. The summed E-state index contributed by atoms with van der Waals surface area (Å²) in [5.41, 5.74) is 1.51. The normalized spacial score (nSPS) is 11.2. The molecule has 0 saturated heterocycles. The van der Waals surface area contributed by atoms with Crippen LogP contribution in [0.3, 0.4) is 0 Å². The molecule has 0 aliphatic heterocycles. The maximum atomic E-state index is 12.8. The van der Waals surface area contributed by atoms with Crippen molar-refractivity contribution >= 4 is 38.2 Å². The number of carbonyl (C=O) groups excluding carboxylic acids is 2. The highest BCUT2D eigenvalue weighted by molar-refractivity contribution is 7.89. The van der Waals surface area contributed by atoms with Crippen molar-refractivity contribution < 1.29 is 18.0 Å². The van der Waals surface area contributed by atoms with Gasteiger partial charge in [0.2, 0.25) is 10.0 Å². The molecule has 0 fully saturated rings. The van der Waals surface area contributed by atoms with Gasteiger partial charge in [0, 0.05) is 30.6 Å². The largest absolute Gasteiger partial charge is 0.355 e. The van der Waals surface area contributed by atoms with Crippen molar-refractivity contribution in [2.24, 2.45) is 0 Å². The molecule has 1 aromatic carbocycles. The number of sulfonamides is 1. The molecule has 2 aromatic rings. The van der Waals surface area contributed by atoms with Gasteiger partial charge in [-0.1, -0.05) is 12.2 Å². The Labute approximate surface area is 181 Å². The molecule has 1 heterocycles. The summed E-state index contributed by atoms with van der Waals surface area (Å²) in [5, 5.41) is 5.79. The maximum Gasteiger partial charge on any atom is 0.256 e. The number of thiophene rings is 1. The van der Waals surface area contributed by atoms with Crippen LogP contribution in [0.15, 0.2) is 54.5 Å². The predicted molar refractivity (Wildman–Crippen MR) is 121 cm³/mol. The van der Waals surface area contributed by atoms with Crippen molar-refractivity contribution in [1.29, 1.82) is 0 Å². The second kappa shape index (κ2) is 9.84. The lowest BCUT2D eigenvalue weighted by molar-refractivity contribution is 0.0963. The standard InChI is InChI=1S/C21H25N3O4S2/c1-6-12-24(13-7-2)30(27,28)17-10-8-16(9-11-17)19(25)23-21-18(20(26)22-5)14(3)15(4)29-21/h6-11H,1-2,12-13H2,3-5H3,(H,22,26)(H,23,25). The summed E-state index contributed by atoms with van der Waals surface area (Å²) < 4.78 is 26.8. The minimum Gasteiger partial charge on any atom is -0.355 e. The quantitative estimate of drug-likeness (QED) is 0.577. The topological polar surface area (TPSA) is 95.6 Å². The van der Waals surface area contributed by atoms with Gasteiger partial charge in [-0.15, -0.1) is 24.5 Å². The Hall–Kier alpha value is -2.75. The summed E-state index contributed by atoms with van der Waals surface area (Å²) in [4.78, 5) is 25.8. The Balaban J connectivity index is 2.28. The number of nitrogens with one attached hydrogen (secondary N) is 2. The van der Waals surface area contributed by atoms with Crippen LogP contribution in [0.4, 0.5) is 5.00 Å². The van der Waals surface area contributed by atoms with Gasteiger partial charge in [0.1, 0.15) is 5.00 Å². The summed E-state index contributed by atoms with van der Waals surface area (Å²) in [6, 6.07) is 5.65. The van der Waals surface area contributed by atoms with E-state index in [4.69, 9.17) is 0 Å². The van der Waals surface area contributed by atoms with Crippen LogP contribution in [0.2, 0.25) is 0 Å². The lowest BCUT2D eigenvalue weighted by Crippen LogP contribution is -2.31. The Bertz CT molecular complexity index is 1060. The number of aryl methyl sites for hydroxylation is 1. The smallest absolute Gasteiger partial charge is 0.256 e. The monoisotopic (exact) mass is 447 g/mol. The molecule has 160 valence electrons. The van der Waals surface area contributed by atoms with Crippen LogP contribution in [0.5, 0.6) is 0 Å². The van der Waals surface area contributed by atoms with Gasteiger partial charge in [0.25, 0.3) is 11.8 Å². The number of nitrogens with zero attached hydrogens (tertiary/aromatic N) is 1. The second-order valence-electron chi connectivity index (χ2n) is 6.44. The van der Waals surface area contributed by atoms with Crippen LogP contribution < -0.4 is 10.6 Å². The van der Waals surface area contributed by atoms with Crippen molar-refractivity contribution in [3.05, 3.63) is 71.1 Å². The Kier molecular flexibility index (Phi) is 7.71. The fraction of sp³-hybridized carbons (Fsp3) is 0.238. The molecule has 30 heavy (non-hydrogen) atoms. The highest BCUT2D eigenvalue weighted by atomic mass is 32.2. The zero-order valence-corrected chi connectivity index (χ0v) is 18.8. The van der Waals surface area contributed by atoms with Crippen LogP contribution in [-0.2, 0) is 10.0 Å². The fourth-order valence-electron chi connectivity index (χ4n) is 2.77. The van der Waals surface area contributed by atoms with Crippen molar-refractivity contribution in [1.82, 2.24) is 9.62 Å². The molecule has 0 saturated carbocycles. The lowest BCUT2D eigenvalue weighted by atomic mass is 10.1. The molecule has 2 amide bonds. The molecule has 0 radical (unpaired) electrons. The molecule has 1 aromatic heterocycles. The first-order chi connectivity index (χ1) is 14.2. The van der Waals surface area contributed by atoms with E-state index in [9.17, 15) is 18.0 Å². The van der Waals surface area contributed by atoms with Gasteiger partial charge in [-0.3, -0.25) is 9.59 Å². The van der Waals surface area contributed by atoms with Gasteiger partial charge in [-0.25, -0.2) is 8.42 Å². The molecule has 0 bridgehead atoms. The molecule has 2 N–H and O–H groups in total. The molecule has 0 aliphatic rings. The molecule has 2 rings (SSSR count). The Morgan fingerprint density at radius 1 is 1.07 bits per heavy atom. The van der Waals surface area contributed by atoms with Crippen molar-refractivity contribution in [3.8, 4) is 0 Å². The summed E-state index contributed by atoms with van der Waals surface area (Å²) in [6.07, 6.45) is 3.00. The predicted octanol–water partition coefficient (Wildman–Crippen LogP) is 3.34. The van der Waals surface area contributed by atoms with Crippen LogP contribution >= 0.6 is 11.3 Å². The van der Waals surface area contributed by atoms with Gasteiger partial charge >= 0.3 is 0 Å². The van der Waals surface area contributed by atoms with Crippen LogP contribution in [0.1, 0.15) is 31.2 Å². The van der Waals surface area contributed by atoms with E-state index in [1.54, 1.807) is 0 Å². The Morgan fingerprint density at radius 2 is 1.63 bits per heavy atom. The molecule has 0 atom stereocenters. The summed E-state index contributed by atoms with van der Waals surface area (Å²) >= 11 is 1.32. The number of benzene rings is 1. The van der Waals surface area contributed by atoms with E-state index in [0.717, 1.165) is 10.4 Å². The van der Waals surface area contributed by atoms with Crippen molar-refractivity contribution in [2.75, 3.05) is 25.5 Å². The van der Waals surface area contributed by atoms with E-state index >= 15 is 0 Å². The lowest BCUT2D eigenvalue weighted by Gasteiger charge is -2.19. The van der Waals surface area contributed by atoms with E-state index < -0.39 is 15.9 Å². The molecule has 7 nitrogen and oxygen atoms in total. The first-order valence-electron chi connectivity index (χ1n) is 9.12. The highest BCUT2D eigenvalue weighted by Crippen LogP contribution is 2.32. The van der Waals surface area contributed by atoms with Crippen LogP contribution in [0, 0.1) is 13.8 Å². The zero-order chi connectivity index (χ0) is 22.5. The number of rotatable bonds is 9. The Morgan fingerprint density at radius 3 is 2.13 bits per heavy atom. The molecule has 0 aliphatic carbocycles. The molecular weight excluding hydrogens is 422 g/mol. The van der Waals surface area contributed by atoms with Crippen LogP contribution in [-0.4, -0.2) is 44.7 Å². The van der Waals surface area contributed by atoms with Gasteiger partial charge in [-0.2, -0.15) is 4.31 Å². The minimum atomic E-state index is -3.74. The number of anilines is 1. The SMILES string of the molecule is C=CCN(CC=C)S(=O)(=O)c1ccc(C(=O)Nc2sc(C)c(C)c2C(=O)NC)cc1. The van der Waals surface area contributed by atoms with E-state index in [-0.39, 0.29) is 29.5 Å². The van der Waals surface area contributed by atoms with Gasteiger partial charge in [0.15, 0.2) is 0 Å². The number of hydrogen-bond donors (Lipinski definition) is 2. The number of amides is 2. The van der Waals surface area contributed by atoms with Crippen LogP contribution in [0.25, 0.3) is 0 Å². The number of carbonyl (C=O) groups is 2. The average Bonchev–Trinajstić information content (AvgIpc) is 3.00.